The minimum Gasteiger partial charge on any atom is -0.493 e. The summed E-state index contributed by atoms with van der Waals surface area (Å²) in [6.45, 7) is 3.85. The summed E-state index contributed by atoms with van der Waals surface area (Å²) in [7, 11) is 3.01. The summed E-state index contributed by atoms with van der Waals surface area (Å²) in [5.41, 5.74) is 3.02. The SMILES string of the molecule is COc1cc(Br)cc(/C=C2\C(=O)NC(=S)N(c3ccc(C)cc3C)C2=O)c1OC. The zero-order valence-electron chi connectivity index (χ0n) is 16.3. The van der Waals surface area contributed by atoms with E-state index < -0.39 is 11.8 Å². The van der Waals surface area contributed by atoms with Gasteiger partial charge in [-0.15, -0.1) is 0 Å². The van der Waals surface area contributed by atoms with E-state index in [0.29, 0.717) is 27.2 Å². The molecule has 0 radical (unpaired) electrons. The number of nitrogens with zero attached hydrogens (tertiary/aromatic N) is 1. The van der Waals surface area contributed by atoms with Crippen molar-refractivity contribution in [2.75, 3.05) is 19.1 Å². The van der Waals surface area contributed by atoms with Crippen LogP contribution >= 0.6 is 28.1 Å². The highest BCUT2D eigenvalue weighted by atomic mass is 79.9. The average molecular weight is 475 g/mol. The monoisotopic (exact) mass is 474 g/mol. The number of anilines is 1. The minimum absolute atomic E-state index is 0.0443. The molecule has 0 aliphatic carbocycles. The van der Waals surface area contributed by atoms with E-state index in [0.717, 1.165) is 11.1 Å². The Morgan fingerprint density at radius 3 is 2.45 bits per heavy atom. The zero-order chi connectivity index (χ0) is 21.3. The summed E-state index contributed by atoms with van der Waals surface area (Å²) in [6.07, 6.45) is 1.47. The summed E-state index contributed by atoms with van der Waals surface area (Å²) in [5.74, 6) is -0.192. The Hall–Kier alpha value is -2.71. The highest BCUT2D eigenvalue weighted by Crippen LogP contribution is 2.36. The quantitative estimate of drug-likeness (QED) is 0.413. The molecule has 1 N–H and O–H groups in total. The first-order chi connectivity index (χ1) is 13.8. The van der Waals surface area contributed by atoms with Crippen molar-refractivity contribution in [3.05, 3.63) is 57.1 Å². The van der Waals surface area contributed by atoms with Crippen LogP contribution in [0, 0.1) is 13.8 Å². The largest absolute Gasteiger partial charge is 0.493 e. The number of ether oxygens (including phenoxy) is 2. The summed E-state index contributed by atoms with van der Waals surface area (Å²) in [4.78, 5) is 27.2. The van der Waals surface area contributed by atoms with E-state index in [1.165, 1.54) is 25.2 Å². The Balaban J connectivity index is 2.13. The van der Waals surface area contributed by atoms with Crippen LogP contribution in [0.25, 0.3) is 6.08 Å². The summed E-state index contributed by atoms with van der Waals surface area (Å²) >= 11 is 8.68. The second kappa shape index (κ2) is 8.34. The molecular formula is C21H19BrN2O4S. The number of hydrogen-bond acceptors (Lipinski definition) is 5. The molecule has 0 saturated carbocycles. The summed E-state index contributed by atoms with van der Waals surface area (Å²) in [6, 6.07) is 9.13. The van der Waals surface area contributed by atoms with Gasteiger partial charge in [-0.25, -0.2) is 0 Å². The molecule has 0 bridgehead atoms. The lowest BCUT2D eigenvalue weighted by Crippen LogP contribution is -2.54. The number of methoxy groups -OCH3 is 2. The Morgan fingerprint density at radius 2 is 1.83 bits per heavy atom. The van der Waals surface area contributed by atoms with Crippen molar-refractivity contribution in [1.29, 1.82) is 0 Å². The first kappa shape index (κ1) is 21.0. The summed E-state index contributed by atoms with van der Waals surface area (Å²) < 4.78 is 11.5. The minimum atomic E-state index is -0.568. The number of rotatable bonds is 4. The van der Waals surface area contributed by atoms with Gasteiger partial charge in [-0.3, -0.25) is 19.8 Å². The van der Waals surface area contributed by atoms with Gasteiger partial charge in [0.15, 0.2) is 16.6 Å². The molecule has 1 aliphatic heterocycles. The van der Waals surface area contributed by atoms with Crippen LogP contribution in [0.5, 0.6) is 11.5 Å². The first-order valence-corrected chi connectivity index (χ1v) is 9.87. The maximum atomic E-state index is 13.3. The number of halogens is 1. The lowest BCUT2D eigenvalue weighted by molar-refractivity contribution is -0.122. The Labute approximate surface area is 182 Å². The van der Waals surface area contributed by atoms with Crippen LogP contribution in [0.1, 0.15) is 16.7 Å². The number of carbonyl (C=O) groups is 2. The number of thiocarbonyl (C=S) groups is 1. The van der Waals surface area contributed by atoms with Crippen LogP contribution < -0.4 is 19.7 Å². The Kier molecular flexibility index (Phi) is 6.04. The normalized spacial score (nSPS) is 15.6. The van der Waals surface area contributed by atoms with Crippen LogP contribution in [0.3, 0.4) is 0 Å². The molecule has 1 heterocycles. The van der Waals surface area contributed by atoms with E-state index in [2.05, 4.69) is 21.2 Å². The van der Waals surface area contributed by atoms with Crippen LogP contribution in [0.4, 0.5) is 5.69 Å². The maximum absolute atomic E-state index is 13.3. The molecule has 1 fully saturated rings. The van der Waals surface area contributed by atoms with Gasteiger partial charge in [0.25, 0.3) is 11.8 Å². The smallest absolute Gasteiger partial charge is 0.270 e. The molecular weight excluding hydrogens is 456 g/mol. The van der Waals surface area contributed by atoms with Crippen LogP contribution in [-0.4, -0.2) is 31.1 Å². The molecule has 2 aromatic rings. The molecule has 29 heavy (non-hydrogen) atoms. The lowest BCUT2D eigenvalue weighted by atomic mass is 10.0. The molecule has 0 unspecified atom stereocenters. The van der Waals surface area contributed by atoms with Gasteiger partial charge in [-0.05, 0) is 55.9 Å². The van der Waals surface area contributed by atoms with E-state index in [4.69, 9.17) is 21.7 Å². The van der Waals surface area contributed by atoms with Gasteiger partial charge in [0.2, 0.25) is 0 Å². The average Bonchev–Trinajstić information content (AvgIpc) is 2.66. The number of hydrogen-bond donors (Lipinski definition) is 1. The Morgan fingerprint density at radius 1 is 1.10 bits per heavy atom. The fourth-order valence-corrected chi connectivity index (χ4v) is 3.88. The maximum Gasteiger partial charge on any atom is 0.270 e. The molecule has 8 heteroatoms. The van der Waals surface area contributed by atoms with E-state index in [1.54, 1.807) is 12.1 Å². The molecule has 0 aromatic heterocycles. The van der Waals surface area contributed by atoms with Crippen molar-refractivity contribution in [3.63, 3.8) is 0 Å². The summed E-state index contributed by atoms with van der Waals surface area (Å²) in [5, 5.41) is 2.64. The topological polar surface area (TPSA) is 67.9 Å². The van der Waals surface area contributed by atoms with Crippen molar-refractivity contribution in [2.24, 2.45) is 0 Å². The number of amides is 2. The van der Waals surface area contributed by atoms with E-state index in [1.807, 2.05) is 32.0 Å². The molecule has 150 valence electrons. The third-order valence-electron chi connectivity index (χ3n) is 4.47. The highest BCUT2D eigenvalue weighted by molar-refractivity contribution is 9.10. The van der Waals surface area contributed by atoms with Crippen molar-refractivity contribution >= 4 is 56.8 Å². The first-order valence-electron chi connectivity index (χ1n) is 8.67. The van der Waals surface area contributed by atoms with Crippen molar-refractivity contribution in [1.82, 2.24) is 5.32 Å². The predicted molar refractivity (Wildman–Crippen MR) is 119 cm³/mol. The van der Waals surface area contributed by atoms with Gasteiger partial charge in [0.1, 0.15) is 5.57 Å². The molecule has 0 spiro atoms. The zero-order valence-corrected chi connectivity index (χ0v) is 18.7. The molecule has 1 saturated heterocycles. The van der Waals surface area contributed by atoms with Crippen molar-refractivity contribution in [2.45, 2.75) is 13.8 Å². The van der Waals surface area contributed by atoms with Crippen LogP contribution in [0.2, 0.25) is 0 Å². The molecule has 0 atom stereocenters. The number of aryl methyl sites for hydroxylation is 2. The van der Waals surface area contributed by atoms with Gasteiger partial charge in [0, 0.05) is 10.0 Å². The number of carbonyl (C=O) groups excluding carboxylic acids is 2. The highest BCUT2D eigenvalue weighted by Gasteiger charge is 2.35. The van der Waals surface area contributed by atoms with Crippen molar-refractivity contribution < 1.29 is 19.1 Å². The molecule has 6 nitrogen and oxygen atoms in total. The van der Waals surface area contributed by atoms with Gasteiger partial charge in [-0.2, -0.15) is 0 Å². The van der Waals surface area contributed by atoms with E-state index in [-0.39, 0.29) is 10.7 Å². The molecule has 2 amide bonds. The molecule has 1 aliphatic rings. The van der Waals surface area contributed by atoms with Crippen LogP contribution in [-0.2, 0) is 9.59 Å². The van der Waals surface area contributed by atoms with Gasteiger partial charge < -0.3 is 9.47 Å². The third kappa shape index (κ3) is 4.04. The van der Waals surface area contributed by atoms with Crippen LogP contribution in [0.15, 0.2) is 40.4 Å². The number of benzene rings is 2. The number of nitrogens with one attached hydrogen (secondary N) is 1. The molecule has 2 aromatic carbocycles. The lowest BCUT2D eigenvalue weighted by Gasteiger charge is -2.30. The second-order valence-corrected chi connectivity index (χ2v) is 7.78. The standard InChI is InChI=1S/C21H19BrN2O4S/c1-11-5-6-16(12(2)7-11)24-20(26)15(19(25)23-21(24)29)9-13-8-14(22)10-17(27-3)18(13)28-4/h5-10H,1-4H3,(H,23,25,29)/b15-9+. The molecule has 3 rings (SSSR count). The van der Waals surface area contributed by atoms with Gasteiger partial charge in [0.05, 0.1) is 19.9 Å². The van der Waals surface area contributed by atoms with Gasteiger partial charge >= 0.3 is 0 Å². The van der Waals surface area contributed by atoms with E-state index in [9.17, 15) is 9.59 Å². The predicted octanol–water partition coefficient (Wildman–Crippen LogP) is 3.91. The Bertz CT molecular complexity index is 1060. The van der Waals surface area contributed by atoms with Crippen molar-refractivity contribution in [3.8, 4) is 11.5 Å². The van der Waals surface area contributed by atoms with Gasteiger partial charge in [-0.1, -0.05) is 33.6 Å². The fourth-order valence-electron chi connectivity index (χ4n) is 3.15. The second-order valence-electron chi connectivity index (χ2n) is 6.48. The fraction of sp³-hybridized carbons (Fsp3) is 0.190. The van der Waals surface area contributed by atoms with E-state index >= 15 is 0 Å². The third-order valence-corrected chi connectivity index (χ3v) is 5.21.